The second kappa shape index (κ2) is 23.4. The van der Waals surface area contributed by atoms with Crippen molar-refractivity contribution in [2.75, 3.05) is 51.3 Å². The summed E-state index contributed by atoms with van der Waals surface area (Å²) >= 11 is 0. The van der Waals surface area contributed by atoms with Gasteiger partial charge < -0.3 is 39.6 Å². The van der Waals surface area contributed by atoms with Crippen LogP contribution in [0.4, 0.5) is 11.4 Å². The number of hydrogen-bond acceptors (Lipinski definition) is 10. The van der Waals surface area contributed by atoms with Gasteiger partial charge in [0.2, 0.25) is 11.6 Å². The third-order valence-electron chi connectivity index (χ3n) is 13.9. The van der Waals surface area contributed by atoms with Crippen molar-refractivity contribution in [1.29, 1.82) is 0 Å². The molecule has 4 heterocycles. The van der Waals surface area contributed by atoms with Crippen molar-refractivity contribution in [3.63, 3.8) is 0 Å². The smallest absolute Gasteiger partial charge is 0.342 e. The number of benzene rings is 3. The summed E-state index contributed by atoms with van der Waals surface area (Å²) in [5.74, 6) is -1.51. The maximum Gasteiger partial charge on any atom is 0.342 e. The minimum atomic E-state index is -0.736. The number of fused-ring (bicyclic) bond motifs is 3. The van der Waals surface area contributed by atoms with E-state index in [1.165, 1.54) is 40.0 Å². The molecule has 3 aromatic carbocycles. The van der Waals surface area contributed by atoms with Crippen molar-refractivity contribution >= 4 is 40.6 Å². The molecule has 0 spiro atoms. The number of phenolic OH excluding ortho intramolecular Hbond substituents is 2. The van der Waals surface area contributed by atoms with Crippen LogP contribution in [-0.2, 0) is 41.2 Å². The molecule has 1 saturated heterocycles. The zero-order chi connectivity index (χ0) is 49.8. The first-order valence-electron chi connectivity index (χ1n) is 25.1. The van der Waals surface area contributed by atoms with Gasteiger partial charge in [-0.15, -0.1) is 0 Å². The third-order valence-corrected chi connectivity index (χ3v) is 13.9. The van der Waals surface area contributed by atoms with Crippen molar-refractivity contribution in [2.45, 2.75) is 122 Å². The maximum absolute atomic E-state index is 13.3. The molecule has 0 aromatic heterocycles. The lowest BCUT2D eigenvalue weighted by molar-refractivity contribution is -0.401. The number of piperidine rings is 1. The molecule has 2 amide bonds. The Labute approximate surface area is 413 Å². The molecular weight excluding hydrogens is 883 g/mol. The monoisotopic (exact) mass is 955 g/mol. The van der Waals surface area contributed by atoms with Crippen LogP contribution >= 0.6 is 0 Å². The number of likely N-dealkylation sites (tertiary alicyclic amines) is 1. The van der Waals surface area contributed by atoms with E-state index >= 15 is 0 Å². The van der Waals surface area contributed by atoms with E-state index in [0.29, 0.717) is 63.2 Å². The van der Waals surface area contributed by atoms with Crippen molar-refractivity contribution in [1.82, 2.24) is 10.2 Å². The summed E-state index contributed by atoms with van der Waals surface area (Å²) in [7, 11) is 2.15. The molecule has 13 nitrogen and oxygen atoms in total. The Morgan fingerprint density at radius 3 is 2.49 bits per heavy atom. The van der Waals surface area contributed by atoms with Gasteiger partial charge in [-0.1, -0.05) is 79.7 Å². The van der Waals surface area contributed by atoms with E-state index in [-0.39, 0.29) is 53.1 Å². The predicted molar refractivity (Wildman–Crippen MR) is 275 cm³/mol. The first-order chi connectivity index (χ1) is 33.6. The lowest BCUT2D eigenvalue weighted by atomic mass is 9.81. The fourth-order valence-corrected chi connectivity index (χ4v) is 10.1. The lowest BCUT2D eigenvalue weighted by Gasteiger charge is -2.27. The summed E-state index contributed by atoms with van der Waals surface area (Å²) in [6.07, 6.45) is 19.9. The highest BCUT2D eigenvalue weighted by Gasteiger charge is 2.43. The predicted octanol–water partition coefficient (Wildman–Crippen LogP) is 9.48. The molecule has 0 unspecified atom stereocenters. The van der Waals surface area contributed by atoms with E-state index in [4.69, 9.17) is 14.3 Å². The number of amides is 2. The van der Waals surface area contributed by atoms with E-state index in [2.05, 4.69) is 121 Å². The number of phenols is 2. The van der Waals surface area contributed by atoms with Gasteiger partial charge in [-0.3, -0.25) is 9.59 Å². The molecule has 0 radical (unpaired) electrons. The molecular formula is C57H72N5O8+. The number of cyclic esters (lactones) is 1. The Morgan fingerprint density at radius 1 is 0.943 bits per heavy atom. The fraction of sp³-hybridized carbons (Fsp3) is 0.456. The first kappa shape index (κ1) is 51.4. The topological polar surface area (TPSA) is 153 Å². The van der Waals surface area contributed by atoms with E-state index in [1.807, 2.05) is 18.2 Å². The lowest BCUT2D eigenvalue weighted by Crippen LogP contribution is -2.37. The van der Waals surface area contributed by atoms with Crippen LogP contribution in [0.2, 0.25) is 0 Å². The molecule has 0 aliphatic carbocycles. The van der Waals surface area contributed by atoms with E-state index in [0.717, 1.165) is 44.7 Å². The highest BCUT2D eigenvalue weighted by Crippen LogP contribution is 2.48. The zero-order valence-corrected chi connectivity index (χ0v) is 41.9. The summed E-state index contributed by atoms with van der Waals surface area (Å²) in [5.41, 5.74) is 7.91. The Morgan fingerprint density at radius 2 is 1.70 bits per heavy atom. The van der Waals surface area contributed by atoms with Gasteiger partial charge in [0.15, 0.2) is 12.3 Å². The summed E-state index contributed by atoms with van der Waals surface area (Å²) in [6.45, 7) is 13.7. The van der Waals surface area contributed by atoms with Gasteiger partial charge in [0.25, 0.3) is 5.91 Å². The van der Waals surface area contributed by atoms with Gasteiger partial charge in [-0.2, -0.15) is 4.58 Å². The molecule has 3 N–H and O–H groups in total. The summed E-state index contributed by atoms with van der Waals surface area (Å²) in [5, 5.41) is 28.4. The van der Waals surface area contributed by atoms with Gasteiger partial charge in [0.05, 0.1) is 17.2 Å². The van der Waals surface area contributed by atoms with E-state index in [9.17, 15) is 24.6 Å². The number of oxime groups is 1. The molecule has 70 heavy (non-hydrogen) atoms. The molecule has 1 fully saturated rings. The molecule has 2 atom stereocenters. The number of carbonyl (C=O) groups is 3. The van der Waals surface area contributed by atoms with Gasteiger partial charge in [0.1, 0.15) is 30.2 Å². The van der Waals surface area contributed by atoms with E-state index in [1.54, 1.807) is 17.9 Å². The number of anilines is 1. The molecule has 4 aliphatic rings. The number of rotatable bonds is 15. The molecule has 13 heteroatoms. The number of esters is 1. The van der Waals surface area contributed by atoms with Gasteiger partial charge in [-0.05, 0) is 101 Å². The van der Waals surface area contributed by atoms with Crippen molar-refractivity contribution in [3.05, 3.63) is 131 Å². The molecule has 7 rings (SSSR count). The first-order valence-corrected chi connectivity index (χ1v) is 25.1. The van der Waals surface area contributed by atoms with Crippen LogP contribution in [-0.4, -0.2) is 108 Å². The largest absolute Gasteiger partial charge is 0.508 e. The average Bonchev–Trinajstić information content (AvgIpc) is 3.66. The summed E-state index contributed by atoms with van der Waals surface area (Å²) < 4.78 is 14.3. The third kappa shape index (κ3) is 12.5. The van der Waals surface area contributed by atoms with Crippen molar-refractivity contribution in [2.24, 2.45) is 5.16 Å². The normalized spacial score (nSPS) is 21.1. The SMILES string of the molecule is C[C@@H]1CC=C[C@@H](OCCCNC(=O)CCCCN2C(=CC=CC3=[N+](C)c4ccccc4C3(C)C)C(C)(C)c3ccccc32)CC=CC(=NOCC(=O)N2CCCCC2)Cc2cc(O)cc(O)c2C(=O)O1. The molecule has 0 bridgehead atoms. The number of nitrogens with one attached hydrogen (secondary N) is 1. The minimum absolute atomic E-state index is 0.00315. The van der Waals surface area contributed by atoms with Gasteiger partial charge >= 0.3 is 5.97 Å². The van der Waals surface area contributed by atoms with Crippen LogP contribution in [0.25, 0.3) is 0 Å². The Kier molecular flexibility index (Phi) is 17.2. The second-order valence-electron chi connectivity index (χ2n) is 19.9. The Bertz CT molecular complexity index is 2560. The number of hydrogen-bond donors (Lipinski definition) is 3. The number of nitrogens with zero attached hydrogens (tertiary/aromatic N) is 4. The number of carbonyl (C=O) groups excluding carboxylic acids is 3. The Balaban J connectivity index is 0.910. The zero-order valence-electron chi connectivity index (χ0n) is 41.9. The highest BCUT2D eigenvalue weighted by atomic mass is 16.6. The van der Waals surface area contributed by atoms with Crippen molar-refractivity contribution in [3.8, 4) is 11.5 Å². The van der Waals surface area contributed by atoms with Crippen LogP contribution in [0, 0.1) is 0 Å². The molecule has 372 valence electrons. The Hall–Kier alpha value is -6.47. The number of para-hydroxylation sites is 2. The number of aromatic hydroxyl groups is 2. The van der Waals surface area contributed by atoms with Crippen LogP contribution in [0.3, 0.4) is 0 Å². The van der Waals surface area contributed by atoms with Crippen LogP contribution in [0.15, 0.2) is 114 Å². The van der Waals surface area contributed by atoms with Crippen LogP contribution in [0.5, 0.6) is 11.5 Å². The fourth-order valence-electron chi connectivity index (χ4n) is 10.1. The van der Waals surface area contributed by atoms with Crippen LogP contribution in [0.1, 0.15) is 119 Å². The quantitative estimate of drug-likeness (QED) is 0.0445. The summed E-state index contributed by atoms with van der Waals surface area (Å²) in [6, 6.07) is 19.7. The number of allylic oxidation sites excluding steroid dienone is 5. The maximum atomic E-state index is 13.3. The molecule has 0 saturated carbocycles. The average molecular weight is 955 g/mol. The van der Waals surface area contributed by atoms with Crippen molar-refractivity contribution < 1.29 is 43.5 Å². The molecule has 3 aromatic rings. The summed E-state index contributed by atoms with van der Waals surface area (Å²) in [4.78, 5) is 48.9. The number of ether oxygens (including phenoxy) is 2. The molecule has 4 aliphatic heterocycles. The van der Waals surface area contributed by atoms with E-state index < -0.39 is 17.8 Å². The second-order valence-corrected chi connectivity index (χ2v) is 19.9. The van der Waals surface area contributed by atoms with Gasteiger partial charge in [-0.25, -0.2) is 4.79 Å². The highest BCUT2D eigenvalue weighted by molar-refractivity contribution is 6.03. The van der Waals surface area contributed by atoms with Crippen LogP contribution < -0.4 is 10.2 Å². The standard InChI is InChI=1S/C57H71N5O8/c1-40-20-16-22-44(23-17-21-42(59-69-39-53(66)61-32-13-7-14-33-61)36-41-37-43(63)38-49(64)54(41)55(67)70-40)68-35-19-31-58-52(65)30-12-15-34-62-48-27-11-9-25-46(48)57(4,5)51(62)29-18-28-50-56(2,3)45-24-8-10-26-47(45)60(50)6/h8-11,16-18,21-22,24-29,37-38,40,44H,7,12-15,19-20,23,30-36,39H2,1-6H3,(H2-,58,63,64,65,67)/p+1/t40-,44-/m1/s1. The minimum Gasteiger partial charge on any atom is -0.508 e. The van der Waals surface area contributed by atoms with Gasteiger partial charge in [0, 0.05) is 92.6 Å². The number of unbranched alkanes of at least 4 members (excludes halogenated alkanes) is 1.